The number of carbonyl (C=O) groups excluding carboxylic acids is 2. The van der Waals surface area contributed by atoms with Crippen molar-refractivity contribution >= 4 is 18.0 Å². The minimum atomic E-state index is -1.05. The molecule has 2 heterocycles. The lowest BCUT2D eigenvalue weighted by Gasteiger charge is -2.37. The fourth-order valence-corrected chi connectivity index (χ4v) is 2.82. The Morgan fingerprint density at radius 3 is 2.64 bits per heavy atom. The Bertz CT molecular complexity index is 603. The average molecular weight is 304 g/mol. The first kappa shape index (κ1) is 14.4. The minimum Gasteiger partial charge on any atom is -0.480 e. The summed E-state index contributed by atoms with van der Waals surface area (Å²) in [5, 5.41) is 11.8. The number of amides is 2. The number of hydrogen-bond acceptors (Lipinski definition) is 4. The van der Waals surface area contributed by atoms with Crippen molar-refractivity contribution in [2.45, 2.75) is 31.0 Å². The largest absolute Gasteiger partial charge is 0.480 e. The van der Waals surface area contributed by atoms with Crippen LogP contribution in [0.1, 0.15) is 24.4 Å². The molecular formula is C15H16N2O5. The molecule has 2 saturated heterocycles. The highest BCUT2D eigenvalue weighted by Gasteiger charge is 2.45. The van der Waals surface area contributed by atoms with Gasteiger partial charge in [-0.3, -0.25) is 9.69 Å². The van der Waals surface area contributed by atoms with Gasteiger partial charge in [0.25, 0.3) is 5.91 Å². The van der Waals surface area contributed by atoms with Crippen LogP contribution in [0.4, 0.5) is 4.79 Å². The second kappa shape index (κ2) is 5.67. The van der Waals surface area contributed by atoms with Gasteiger partial charge in [0, 0.05) is 6.54 Å². The third-order valence-corrected chi connectivity index (χ3v) is 4.02. The number of carboxylic acid groups (broad SMARTS) is 1. The molecule has 1 aromatic carbocycles. The van der Waals surface area contributed by atoms with Crippen LogP contribution in [0.5, 0.6) is 0 Å². The second-order valence-corrected chi connectivity index (χ2v) is 5.39. The number of nitrogens with zero attached hydrogens (tertiary/aromatic N) is 1. The van der Waals surface area contributed by atoms with Crippen LogP contribution in [-0.4, -0.2) is 46.7 Å². The maximum atomic E-state index is 12.1. The number of likely N-dealkylation sites (tertiary alicyclic amines) is 1. The van der Waals surface area contributed by atoms with Crippen LogP contribution in [0.25, 0.3) is 0 Å². The first-order valence-corrected chi connectivity index (χ1v) is 7.13. The predicted octanol–water partition coefficient (Wildman–Crippen LogP) is 0.912. The lowest BCUT2D eigenvalue weighted by atomic mass is 9.94. The zero-order valence-corrected chi connectivity index (χ0v) is 11.8. The molecule has 3 rings (SSSR count). The molecule has 7 nitrogen and oxygen atoms in total. The van der Waals surface area contributed by atoms with Crippen molar-refractivity contribution in [3.63, 3.8) is 0 Å². The van der Waals surface area contributed by atoms with Crippen molar-refractivity contribution < 1.29 is 24.2 Å². The Labute approximate surface area is 126 Å². The van der Waals surface area contributed by atoms with E-state index in [1.165, 1.54) is 4.90 Å². The quantitative estimate of drug-likeness (QED) is 0.809. The highest BCUT2D eigenvalue weighted by atomic mass is 16.6. The van der Waals surface area contributed by atoms with E-state index in [-0.39, 0.29) is 11.9 Å². The lowest BCUT2D eigenvalue weighted by Crippen LogP contribution is -2.59. The smallest absolute Gasteiger partial charge is 0.411 e. The van der Waals surface area contributed by atoms with Gasteiger partial charge in [0.2, 0.25) is 6.10 Å². The van der Waals surface area contributed by atoms with Crippen LogP contribution in [0.2, 0.25) is 0 Å². The highest BCUT2D eigenvalue weighted by Crippen LogP contribution is 2.28. The van der Waals surface area contributed by atoms with E-state index in [9.17, 15) is 14.4 Å². The van der Waals surface area contributed by atoms with E-state index < -0.39 is 24.2 Å². The zero-order chi connectivity index (χ0) is 15.7. The first-order valence-electron chi connectivity index (χ1n) is 7.13. The van der Waals surface area contributed by atoms with Gasteiger partial charge in [0.15, 0.2) is 0 Å². The number of β-lactam (4-membered cyclic amide) rings is 1. The summed E-state index contributed by atoms with van der Waals surface area (Å²) in [5.74, 6) is -1.42. The summed E-state index contributed by atoms with van der Waals surface area (Å²) in [5.41, 5.74) is 0.844. The fourth-order valence-electron chi connectivity index (χ4n) is 2.82. The lowest BCUT2D eigenvalue weighted by molar-refractivity contribution is -0.145. The topological polar surface area (TPSA) is 95.9 Å². The summed E-state index contributed by atoms with van der Waals surface area (Å²) in [6.45, 7) is 0.333. The average Bonchev–Trinajstić information content (AvgIpc) is 3.00. The third kappa shape index (κ3) is 2.49. The Kier molecular flexibility index (Phi) is 3.70. The van der Waals surface area contributed by atoms with Gasteiger partial charge in [-0.2, -0.15) is 0 Å². The summed E-state index contributed by atoms with van der Waals surface area (Å²) in [4.78, 5) is 36.1. The number of hydrogen-bond donors (Lipinski definition) is 2. The van der Waals surface area contributed by atoms with Gasteiger partial charge in [-0.05, 0) is 18.4 Å². The number of ether oxygens (including phenoxy) is 1. The van der Waals surface area contributed by atoms with E-state index in [1.54, 1.807) is 0 Å². The summed E-state index contributed by atoms with van der Waals surface area (Å²) >= 11 is 0. The Morgan fingerprint density at radius 1 is 1.27 bits per heavy atom. The summed E-state index contributed by atoms with van der Waals surface area (Å²) in [6, 6.07) is 7.93. The molecule has 2 amide bonds. The molecule has 1 aromatic rings. The number of benzene rings is 1. The van der Waals surface area contributed by atoms with Crippen LogP contribution in [0.15, 0.2) is 30.3 Å². The maximum Gasteiger partial charge on any atom is 0.411 e. The van der Waals surface area contributed by atoms with Gasteiger partial charge in [-0.15, -0.1) is 0 Å². The molecular weight excluding hydrogens is 288 g/mol. The number of carbonyl (C=O) groups is 3. The zero-order valence-electron chi connectivity index (χ0n) is 11.8. The minimum absolute atomic E-state index is 0.333. The van der Waals surface area contributed by atoms with Crippen LogP contribution in [0.3, 0.4) is 0 Å². The van der Waals surface area contributed by atoms with Crippen molar-refractivity contribution in [1.82, 2.24) is 10.2 Å². The normalized spacial score (nSPS) is 27.0. The second-order valence-electron chi connectivity index (χ2n) is 5.39. The molecule has 116 valence electrons. The van der Waals surface area contributed by atoms with Crippen LogP contribution < -0.4 is 5.32 Å². The molecule has 7 heteroatoms. The molecule has 0 aliphatic carbocycles. The van der Waals surface area contributed by atoms with Gasteiger partial charge >= 0.3 is 12.1 Å². The molecule has 2 aliphatic rings. The van der Waals surface area contributed by atoms with Gasteiger partial charge in [0.05, 0.1) is 0 Å². The van der Waals surface area contributed by atoms with Gasteiger partial charge < -0.3 is 15.2 Å². The molecule has 2 fully saturated rings. The van der Waals surface area contributed by atoms with Crippen molar-refractivity contribution in [3.8, 4) is 0 Å². The van der Waals surface area contributed by atoms with Crippen LogP contribution >= 0.6 is 0 Å². The highest BCUT2D eigenvalue weighted by molar-refractivity contribution is 5.91. The monoisotopic (exact) mass is 304 g/mol. The summed E-state index contributed by atoms with van der Waals surface area (Å²) < 4.78 is 5.24. The molecule has 0 saturated carbocycles. The SMILES string of the molecule is O=C1NC(c2ccccc2)C1OC(=O)N1CCCC1C(=O)O. The van der Waals surface area contributed by atoms with Crippen molar-refractivity contribution in [3.05, 3.63) is 35.9 Å². The van der Waals surface area contributed by atoms with E-state index in [1.807, 2.05) is 30.3 Å². The number of rotatable bonds is 3. The van der Waals surface area contributed by atoms with Gasteiger partial charge in [0.1, 0.15) is 12.1 Å². The number of aliphatic carboxylic acids is 1. The molecule has 0 spiro atoms. The Balaban J connectivity index is 1.68. The molecule has 2 aliphatic heterocycles. The number of carboxylic acids is 1. The van der Waals surface area contributed by atoms with E-state index in [2.05, 4.69) is 5.32 Å². The summed E-state index contributed by atoms with van der Waals surface area (Å²) in [6.07, 6.45) is -0.635. The van der Waals surface area contributed by atoms with Crippen molar-refractivity contribution in [2.75, 3.05) is 6.54 Å². The molecule has 0 bridgehead atoms. The third-order valence-electron chi connectivity index (χ3n) is 4.02. The van der Waals surface area contributed by atoms with Crippen molar-refractivity contribution in [2.24, 2.45) is 0 Å². The molecule has 3 unspecified atom stereocenters. The van der Waals surface area contributed by atoms with Gasteiger partial charge in [-0.25, -0.2) is 9.59 Å². The van der Waals surface area contributed by atoms with E-state index in [0.29, 0.717) is 19.4 Å². The Hall–Kier alpha value is -2.57. The Morgan fingerprint density at radius 2 is 2.00 bits per heavy atom. The van der Waals surface area contributed by atoms with E-state index >= 15 is 0 Å². The van der Waals surface area contributed by atoms with Crippen molar-refractivity contribution in [1.29, 1.82) is 0 Å². The molecule has 2 N–H and O–H groups in total. The standard InChI is InChI=1S/C15H16N2O5/c18-13-12(11(16-13)9-5-2-1-3-6-9)22-15(21)17-8-4-7-10(17)14(19)20/h1-3,5-6,10-12H,4,7-8H2,(H,16,18)(H,19,20). The maximum absolute atomic E-state index is 12.1. The molecule has 3 atom stereocenters. The van der Waals surface area contributed by atoms with E-state index in [0.717, 1.165) is 5.56 Å². The van der Waals surface area contributed by atoms with E-state index in [4.69, 9.17) is 9.84 Å². The molecule has 22 heavy (non-hydrogen) atoms. The van der Waals surface area contributed by atoms with Gasteiger partial charge in [-0.1, -0.05) is 30.3 Å². The summed E-state index contributed by atoms with van der Waals surface area (Å²) in [7, 11) is 0. The first-order chi connectivity index (χ1) is 10.6. The van der Waals surface area contributed by atoms with Crippen LogP contribution in [-0.2, 0) is 14.3 Å². The molecule has 0 radical (unpaired) electrons. The predicted molar refractivity (Wildman–Crippen MR) is 75.0 cm³/mol. The fraction of sp³-hybridized carbons (Fsp3) is 0.400. The number of nitrogens with one attached hydrogen (secondary N) is 1. The molecule has 0 aromatic heterocycles. The van der Waals surface area contributed by atoms with Crippen LogP contribution in [0, 0.1) is 0 Å².